The van der Waals surface area contributed by atoms with Crippen LogP contribution in [0.2, 0.25) is 0 Å². The van der Waals surface area contributed by atoms with Crippen LogP contribution in [0.1, 0.15) is 24.3 Å². The molecule has 0 atom stereocenters. The molecule has 0 aliphatic carbocycles. The number of carbonyl (C=O) groups excluding carboxylic acids is 1. The fourth-order valence-corrected chi connectivity index (χ4v) is 2.92. The number of piperazine rings is 1. The highest BCUT2D eigenvalue weighted by atomic mass is 16.2. The van der Waals surface area contributed by atoms with E-state index in [2.05, 4.69) is 35.3 Å². The number of rotatable bonds is 5. The van der Waals surface area contributed by atoms with Crippen LogP contribution >= 0.6 is 0 Å². The molecule has 8 heteroatoms. The maximum Gasteiger partial charge on any atom is 0.269 e. The Hall–Kier alpha value is -2.48. The minimum Gasteiger partial charge on any atom is -0.345 e. The summed E-state index contributed by atoms with van der Waals surface area (Å²) in [4.78, 5) is 25.3. The Morgan fingerprint density at radius 3 is 2.54 bits per heavy atom. The zero-order valence-electron chi connectivity index (χ0n) is 14.1. The van der Waals surface area contributed by atoms with Gasteiger partial charge in [0.25, 0.3) is 5.91 Å². The second-order valence-corrected chi connectivity index (χ2v) is 6.62. The normalized spacial score (nSPS) is 16.2. The van der Waals surface area contributed by atoms with E-state index in [4.69, 9.17) is 0 Å². The Balaban J connectivity index is 1.50. The molecule has 1 aliphatic heterocycles. The van der Waals surface area contributed by atoms with Gasteiger partial charge in [0.05, 0.1) is 0 Å². The smallest absolute Gasteiger partial charge is 0.269 e. The monoisotopic (exact) mass is 329 g/mol. The number of nitrogens with one attached hydrogen (secondary N) is 2. The van der Waals surface area contributed by atoms with Crippen molar-refractivity contribution < 1.29 is 4.79 Å². The molecule has 2 aromatic rings. The largest absolute Gasteiger partial charge is 0.345 e. The molecule has 0 saturated carbocycles. The molecule has 24 heavy (non-hydrogen) atoms. The van der Waals surface area contributed by atoms with E-state index >= 15 is 0 Å². The maximum atomic E-state index is 12.2. The highest BCUT2D eigenvalue weighted by Crippen LogP contribution is 2.13. The molecule has 1 aliphatic rings. The average molecular weight is 329 g/mol. The van der Waals surface area contributed by atoms with E-state index in [9.17, 15) is 4.79 Å². The zero-order valence-corrected chi connectivity index (χ0v) is 14.1. The molecule has 0 spiro atoms. The average Bonchev–Trinajstić information content (AvgIpc) is 3.10. The van der Waals surface area contributed by atoms with Crippen molar-refractivity contribution in [2.75, 3.05) is 37.6 Å². The Morgan fingerprint density at radius 2 is 1.92 bits per heavy atom. The molecule has 0 radical (unpaired) electrons. The van der Waals surface area contributed by atoms with Crippen molar-refractivity contribution >= 4 is 11.9 Å². The summed E-state index contributed by atoms with van der Waals surface area (Å²) in [6.45, 7) is 8.46. The van der Waals surface area contributed by atoms with Gasteiger partial charge in [-0.2, -0.15) is 5.10 Å². The van der Waals surface area contributed by atoms with Crippen molar-refractivity contribution in [1.82, 2.24) is 30.4 Å². The summed E-state index contributed by atoms with van der Waals surface area (Å²) in [5.41, 5.74) is 0.155. The summed E-state index contributed by atoms with van der Waals surface area (Å²) < 4.78 is 0. The second-order valence-electron chi connectivity index (χ2n) is 6.62. The first-order valence-corrected chi connectivity index (χ1v) is 8.10. The Labute approximate surface area is 141 Å². The number of anilines is 1. The third kappa shape index (κ3) is 4.08. The van der Waals surface area contributed by atoms with Gasteiger partial charge in [-0.05, 0) is 26.0 Å². The molecule has 2 N–H and O–H groups in total. The van der Waals surface area contributed by atoms with Gasteiger partial charge in [0.15, 0.2) is 0 Å². The number of H-pyrrole nitrogens is 1. The van der Waals surface area contributed by atoms with Crippen LogP contribution in [0.5, 0.6) is 0 Å². The molecule has 1 amide bonds. The summed E-state index contributed by atoms with van der Waals surface area (Å²) in [5.74, 6) is 0.651. The lowest BCUT2D eigenvalue weighted by molar-refractivity contribution is 0.0879. The lowest BCUT2D eigenvalue weighted by Gasteiger charge is -2.39. The van der Waals surface area contributed by atoms with E-state index in [0.29, 0.717) is 5.69 Å². The van der Waals surface area contributed by atoms with Gasteiger partial charge in [0, 0.05) is 56.9 Å². The van der Waals surface area contributed by atoms with Gasteiger partial charge in [-0.1, -0.05) is 0 Å². The first kappa shape index (κ1) is 16.4. The van der Waals surface area contributed by atoms with Crippen LogP contribution in [-0.2, 0) is 0 Å². The summed E-state index contributed by atoms with van der Waals surface area (Å²) in [5, 5.41) is 9.56. The molecule has 128 valence electrons. The van der Waals surface area contributed by atoms with E-state index < -0.39 is 0 Å². The quantitative estimate of drug-likeness (QED) is 0.832. The summed E-state index contributed by atoms with van der Waals surface area (Å²) in [6, 6.07) is 3.49. The minimum atomic E-state index is -0.326. The van der Waals surface area contributed by atoms with Gasteiger partial charge < -0.3 is 10.2 Å². The maximum absolute atomic E-state index is 12.2. The van der Waals surface area contributed by atoms with Crippen LogP contribution in [-0.4, -0.2) is 69.2 Å². The molecule has 1 fully saturated rings. The van der Waals surface area contributed by atoms with Gasteiger partial charge in [-0.15, -0.1) is 0 Å². The Kier molecular flexibility index (Phi) is 4.75. The highest BCUT2D eigenvalue weighted by molar-refractivity contribution is 5.92. The van der Waals surface area contributed by atoms with E-state index in [1.54, 1.807) is 24.7 Å². The van der Waals surface area contributed by atoms with Gasteiger partial charge in [0.2, 0.25) is 5.95 Å². The number of nitrogens with zero attached hydrogens (tertiary/aromatic N) is 5. The van der Waals surface area contributed by atoms with Crippen molar-refractivity contribution in [3.8, 4) is 0 Å². The van der Waals surface area contributed by atoms with E-state index in [0.717, 1.165) is 38.7 Å². The molecule has 8 nitrogen and oxygen atoms in total. The minimum absolute atomic E-state index is 0.131. The summed E-state index contributed by atoms with van der Waals surface area (Å²) in [6.07, 6.45) is 5.11. The SMILES string of the molecule is CC(C)(CN1CCN(c2ncccn2)CC1)NC(=O)c1ccn[nH]1. The molecule has 2 aromatic heterocycles. The van der Waals surface area contributed by atoms with Crippen molar-refractivity contribution in [2.45, 2.75) is 19.4 Å². The zero-order chi connectivity index (χ0) is 17.0. The van der Waals surface area contributed by atoms with Crippen LogP contribution in [0.25, 0.3) is 0 Å². The molecule has 0 unspecified atom stereocenters. The topological polar surface area (TPSA) is 90.0 Å². The molecular weight excluding hydrogens is 306 g/mol. The number of amides is 1. The highest BCUT2D eigenvalue weighted by Gasteiger charge is 2.27. The Bertz CT molecular complexity index is 648. The van der Waals surface area contributed by atoms with Crippen LogP contribution in [0.15, 0.2) is 30.7 Å². The Morgan fingerprint density at radius 1 is 1.21 bits per heavy atom. The molecule has 1 saturated heterocycles. The molecule has 3 heterocycles. The van der Waals surface area contributed by atoms with Gasteiger partial charge in [-0.3, -0.25) is 14.8 Å². The van der Waals surface area contributed by atoms with Crippen molar-refractivity contribution in [3.05, 3.63) is 36.4 Å². The number of aromatic nitrogens is 4. The predicted octanol–water partition coefficient (Wildman–Crippen LogP) is 0.530. The first-order chi connectivity index (χ1) is 11.5. The molecule has 3 rings (SSSR count). The summed E-state index contributed by atoms with van der Waals surface area (Å²) >= 11 is 0. The van der Waals surface area contributed by atoms with E-state index in [1.807, 2.05) is 19.9 Å². The number of aromatic amines is 1. The van der Waals surface area contributed by atoms with Crippen molar-refractivity contribution in [3.63, 3.8) is 0 Å². The van der Waals surface area contributed by atoms with Crippen LogP contribution < -0.4 is 10.2 Å². The third-order valence-corrected chi connectivity index (χ3v) is 4.02. The lowest BCUT2D eigenvalue weighted by atomic mass is 10.0. The van der Waals surface area contributed by atoms with Gasteiger partial charge in [0.1, 0.15) is 5.69 Å². The van der Waals surface area contributed by atoms with E-state index in [1.165, 1.54) is 0 Å². The second kappa shape index (κ2) is 6.96. The molecular formula is C16H23N7O. The van der Waals surface area contributed by atoms with Gasteiger partial charge >= 0.3 is 0 Å². The third-order valence-electron chi connectivity index (χ3n) is 4.02. The van der Waals surface area contributed by atoms with Crippen LogP contribution in [0.4, 0.5) is 5.95 Å². The number of carbonyl (C=O) groups is 1. The van der Waals surface area contributed by atoms with Crippen molar-refractivity contribution in [2.24, 2.45) is 0 Å². The predicted molar refractivity (Wildman–Crippen MR) is 90.8 cm³/mol. The first-order valence-electron chi connectivity index (χ1n) is 8.10. The fraction of sp³-hybridized carbons (Fsp3) is 0.500. The number of hydrogen-bond acceptors (Lipinski definition) is 6. The fourth-order valence-electron chi connectivity index (χ4n) is 2.92. The van der Waals surface area contributed by atoms with Crippen LogP contribution in [0.3, 0.4) is 0 Å². The van der Waals surface area contributed by atoms with E-state index in [-0.39, 0.29) is 11.4 Å². The van der Waals surface area contributed by atoms with Crippen molar-refractivity contribution in [1.29, 1.82) is 0 Å². The molecule has 0 aromatic carbocycles. The molecule has 0 bridgehead atoms. The van der Waals surface area contributed by atoms with Crippen LogP contribution in [0, 0.1) is 0 Å². The lowest BCUT2D eigenvalue weighted by Crippen LogP contribution is -2.56. The summed E-state index contributed by atoms with van der Waals surface area (Å²) in [7, 11) is 0. The van der Waals surface area contributed by atoms with Gasteiger partial charge in [-0.25, -0.2) is 9.97 Å². The number of hydrogen-bond donors (Lipinski definition) is 2. The standard InChI is InChI=1S/C16H23N7O/c1-16(2,20-14(24)13-4-7-19-21-13)12-22-8-10-23(11-9-22)15-17-5-3-6-18-15/h3-7H,8-12H2,1-2H3,(H,19,21)(H,20,24).